The molecule has 0 saturated carbocycles. The molecule has 0 radical (unpaired) electrons. The summed E-state index contributed by atoms with van der Waals surface area (Å²) in [5.41, 5.74) is 2.02. The molecule has 0 aromatic heterocycles. The van der Waals surface area contributed by atoms with Gasteiger partial charge < -0.3 is 9.47 Å². The standard InChI is InChI=1S/C25H17IO4/c1-16-2-4-17(5-3-16)24(27)30-23-11-8-18-14-20(7-6-19(18)15-23)25(28)29-22-12-9-21(26)10-13-22/h2-15H,1H3. The van der Waals surface area contributed by atoms with Crippen molar-refractivity contribution in [2.45, 2.75) is 6.92 Å². The summed E-state index contributed by atoms with van der Waals surface area (Å²) < 4.78 is 12.0. The number of aryl methyl sites for hydroxylation is 1. The number of benzene rings is 4. The highest BCUT2D eigenvalue weighted by Crippen LogP contribution is 2.24. The van der Waals surface area contributed by atoms with Crippen LogP contribution in [-0.2, 0) is 0 Å². The zero-order valence-electron chi connectivity index (χ0n) is 16.1. The Bertz CT molecular complexity index is 1230. The lowest BCUT2D eigenvalue weighted by Crippen LogP contribution is -2.09. The van der Waals surface area contributed by atoms with Gasteiger partial charge in [-0.1, -0.05) is 29.8 Å². The molecule has 148 valence electrons. The van der Waals surface area contributed by atoms with E-state index in [4.69, 9.17) is 9.47 Å². The summed E-state index contributed by atoms with van der Waals surface area (Å²) >= 11 is 2.19. The summed E-state index contributed by atoms with van der Waals surface area (Å²) in [7, 11) is 0. The Morgan fingerprint density at radius 3 is 1.90 bits per heavy atom. The van der Waals surface area contributed by atoms with Gasteiger partial charge in [-0.3, -0.25) is 0 Å². The van der Waals surface area contributed by atoms with Crippen LogP contribution in [0.2, 0.25) is 0 Å². The van der Waals surface area contributed by atoms with E-state index in [1.54, 1.807) is 48.5 Å². The van der Waals surface area contributed by atoms with Gasteiger partial charge in [0.25, 0.3) is 0 Å². The highest BCUT2D eigenvalue weighted by molar-refractivity contribution is 14.1. The summed E-state index contributed by atoms with van der Waals surface area (Å²) in [6.07, 6.45) is 0. The Hall–Kier alpha value is -3.19. The first-order valence-corrected chi connectivity index (χ1v) is 10.4. The molecule has 30 heavy (non-hydrogen) atoms. The van der Waals surface area contributed by atoms with Crippen LogP contribution < -0.4 is 9.47 Å². The average molecular weight is 508 g/mol. The molecule has 5 heteroatoms. The Kier molecular flexibility index (Phi) is 5.81. The molecule has 0 saturated heterocycles. The van der Waals surface area contributed by atoms with Crippen LogP contribution in [0.25, 0.3) is 10.8 Å². The molecule has 0 N–H and O–H groups in total. The smallest absolute Gasteiger partial charge is 0.343 e. The molecule has 0 aliphatic rings. The van der Waals surface area contributed by atoms with E-state index in [2.05, 4.69) is 22.6 Å². The van der Waals surface area contributed by atoms with E-state index < -0.39 is 11.9 Å². The zero-order chi connectivity index (χ0) is 21.1. The molecule has 0 bridgehead atoms. The Morgan fingerprint density at radius 1 is 0.633 bits per heavy atom. The second-order valence-corrected chi connectivity index (χ2v) is 8.07. The van der Waals surface area contributed by atoms with Crippen LogP contribution in [0.15, 0.2) is 84.9 Å². The van der Waals surface area contributed by atoms with E-state index in [0.717, 1.165) is 19.9 Å². The van der Waals surface area contributed by atoms with Gasteiger partial charge in [-0.05, 0) is 101 Å². The maximum absolute atomic E-state index is 12.4. The molecule has 0 spiro atoms. The van der Waals surface area contributed by atoms with Gasteiger partial charge in [-0.15, -0.1) is 0 Å². The van der Waals surface area contributed by atoms with Crippen molar-refractivity contribution in [2.24, 2.45) is 0 Å². The molecule has 0 unspecified atom stereocenters. The quantitative estimate of drug-likeness (QED) is 0.187. The van der Waals surface area contributed by atoms with Gasteiger partial charge in [-0.25, -0.2) is 9.59 Å². The predicted octanol–water partition coefficient (Wildman–Crippen LogP) is 6.19. The lowest BCUT2D eigenvalue weighted by Gasteiger charge is -2.08. The molecule has 0 atom stereocenters. The zero-order valence-corrected chi connectivity index (χ0v) is 18.3. The van der Waals surface area contributed by atoms with E-state index in [1.807, 2.05) is 43.3 Å². The largest absolute Gasteiger partial charge is 0.423 e. The van der Waals surface area contributed by atoms with Crippen molar-refractivity contribution < 1.29 is 19.1 Å². The normalized spacial score (nSPS) is 10.6. The van der Waals surface area contributed by atoms with Crippen molar-refractivity contribution >= 4 is 45.3 Å². The van der Waals surface area contributed by atoms with E-state index in [9.17, 15) is 9.59 Å². The number of hydrogen-bond donors (Lipinski definition) is 0. The number of carbonyl (C=O) groups excluding carboxylic acids is 2. The molecular weight excluding hydrogens is 491 g/mol. The summed E-state index contributed by atoms with van der Waals surface area (Å²) in [5.74, 6) is 0.112. The first kappa shape index (κ1) is 20.1. The minimum absolute atomic E-state index is 0.410. The molecule has 4 aromatic rings. The van der Waals surface area contributed by atoms with Gasteiger partial charge in [0.05, 0.1) is 11.1 Å². The lowest BCUT2D eigenvalue weighted by atomic mass is 10.1. The fourth-order valence-electron chi connectivity index (χ4n) is 2.94. The number of rotatable bonds is 4. The van der Waals surface area contributed by atoms with Gasteiger partial charge in [0.15, 0.2) is 0 Å². The third-order valence-electron chi connectivity index (χ3n) is 4.57. The number of esters is 2. The van der Waals surface area contributed by atoms with Crippen molar-refractivity contribution in [3.63, 3.8) is 0 Å². The van der Waals surface area contributed by atoms with E-state index >= 15 is 0 Å². The third-order valence-corrected chi connectivity index (χ3v) is 5.29. The summed E-state index contributed by atoms with van der Waals surface area (Å²) in [5, 5.41) is 1.71. The van der Waals surface area contributed by atoms with Crippen molar-refractivity contribution in [1.29, 1.82) is 0 Å². The molecule has 0 heterocycles. The molecule has 4 aromatic carbocycles. The van der Waals surface area contributed by atoms with E-state index in [0.29, 0.717) is 22.6 Å². The van der Waals surface area contributed by atoms with Crippen LogP contribution in [0.1, 0.15) is 26.3 Å². The van der Waals surface area contributed by atoms with Crippen LogP contribution in [0.3, 0.4) is 0 Å². The fourth-order valence-corrected chi connectivity index (χ4v) is 3.30. The highest BCUT2D eigenvalue weighted by atomic mass is 127. The number of hydrogen-bond acceptors (Lipinski definition) is 4. The number of halogens is 1. The van der Waals surface area contributed by atoms with Gasteiger partial charge in [0.2, 0.25) is 0 Å². The van der Waals surface area contributed by atoms with Crippen LogP contribution in [0, 0.1) is 10.5 Å². The first-order valence-electron chi connectivity index (χ1n) is 9.28. The monoisotopic (exact) mass is 508 g/mol. The number of fused-ring (bicyclic) bond motifs is 1. The number of ether oxygens (including phenoxy) is 2. The van der Waals surface area contributed by atoms with E-state index in [-0.39, 0.29) is 0 Å². The molecule has 0 fully saturated rings. The summed E-state index contributed by atoms with van der Waals surface area (Å²) in [6.45, 7) is 1.96. The molecule has 0 amide bonds. The summed E-state index contributed by atoms with van der Waals surface area (Å²) in [4.78, 5) is 24.8. The fraction of sp³-hybridized carbons (Fsp3) is 0.0400. The van der Waals surface area contributed by atoms with Gasteiger partial charge in [0, 0.05) is 3.57 Å². The third kappa shape index (κ3) is 4.68. The van der Waals surface area contributed by atoms with Crippen molar-refractivity contribution in [2.75, 3.05) is 0 Å². The summed E-state index contributed by atoms with van der Waals surface area (Å²) in [6, 6.07) is 25.1. The van der Waals surface area contributed by atoms with Crippen LogP contribution in [-0.4, -0.2) is 11.9 Å². The Labute approximate surface area is 187 Å². The van der Waals surface area contributed by atoms with Crippen molar-refractivity contribution in [3.05, 3.63) is 105 Å². The predicted molar refractivity (Wildman–Crippen MR) is 124 cm³/mol. The SMILES string of the molecule is Cc1ccc(C(=O)Oc2ccc3cc(C(=O)Oc4ccc(I)cc4)ccc3c2)cc1. The van der Waals surface area contributed by atoms with Gasteiger partial charge in [-0.2, -0.15) is 0 Å². The maximum atomic E-state index is 12.4. The topological polar surface area (TPSA) is 52.6 Å². The molecule has 0 aliphatic carbocycles. The van der Waals surface area contributed by atoms with Crippen LogP contribution >= 0.6 is 22.6 Å². The maximum Gasteiger partial charge on any atom is 0.343 e. The van der Waals surface area contributed by atoms with Crippen LogP contribution in [0.5, 0.6) is 11.5 Å². The van der Waals surface area contributed by atoms with E-state index in [1.165, 1.54) is 0 Å². The lowest BCUT2D eigenvalue weighted by molar-refractivity contribution is 0.0725. The number of carbonyl (C=O) groups is 2. The Balaban J connectivity index is 1.50. The van der Waals surface area contributed by atoms with Crippen molar-refractivity contribution in [3.8, 4) is 11.5 Å². The van der Waals surface area contributed by atoms with Crippen LogP contribution in [0.4, 0.5) is 0 Å². The molecule has 4 rings (SSSR count). The molecule has 0 aliphatic heterocycles. The second kappa shape index (κ2) is 8.67. The molecule has 4 nitrogen and oxygen atoms in total. The van der Waals surface area contributed by atoms with Crippen molar-refractivity contribution in [1.82, 2.24) is 0 Å². The highest BCUT2D eigenvalue weighted by Gasteiger charge is 2.12. The first-order chi connectivity index (χ1) is 14.5. The minimum atomic E-state index is -0.423. The molecular formula is C25H17IO4. The Morgan fingerprint density at radius 2 is 1.17 bits per heavy atom. The minimum Gasteiger partial charge on any atom is -0.423 e. The van der Waals surface area contributed by atoms with Gasteiger partial charge in [0.1, 0.15) is 11.5 Å². The van der Waals surface area contributed by atoms with Gasteiger partial charge >= 0.3 is 11.9 Å². The average Bonchev–Trinajstić information content (AvgIpc) is 2.75. The second-order valence-electron chi connectivity index (χ2n) is 6.82.